The fourth-order valence-electron chi connectivity index (χ4n) is 1.96. The van der Waals surface area contributed by atoms with Crippen molar-refractivity contribution in [1.29, 1.82) is 0 Å². The van der Waals surface area contributed by atoms with Crippen LogP contribution >= 0.6 is 0 Å². The van der Waals surface area contributed by atoms with Crippen molar-refractivity contribution in [3.63, 3.8) is 0 Å². The molecule has 0 radical (unpaired) electrons. The van der Waals surface area contributed by atoms with Gasteiger partial charge in [0.05, 0.1) is 6.26 Å². The molecule has 0 aliphatic heterocycles. The van der Waals surface area contributed by atoms with E-state index in [4.69, 9.17) is 10.2 Å². The van der Waals surface area contributed by atoms with Gasteiger partial charge in [-0.3, -0.25) is 0 Å². The summed E-state index contributed by atoms with van der Waals surface area (Å²) in [7, 11) is 0. The molecular formula is C11H15NO. The molecule has 0 bridgehead atoms. The first-order chi connectivity index (χ1) is 6.25. The Morgan fingerprint density at radius 3 is 3.00 bits per heavy atom. The Kier molecular flexibility index (Phi) is 2.23. The maximum absolute atomic E-state index is 5.90. The van der Waals surface area contributed by atoms with E-state index >= 15 is 0 Å². The zero-order chi connectivity index (χ0) is 9.26. The number of hydrogen-bond acceptors (Lipinski definition) is 2. The maximum Gasteiger partial charge on any atom is 0.129 e. The second-order valence-corrected chi connectivity index (χ2v) is 3.88. The minimum absolute atomic E-state index is 0.198. The minimum Gasteiger partial charge on any atom is -0.465 e. The van der Waals surface area contributed by atoms with Gasteiger partial charge in [-0.05, 0) is 36.5 Å². The molecule has 1 aromatic rings. The van der Waals surface area contributed by atoms with Crippen LogP contribution in [0.1, 0.15) is 25.5 Å². The van der Waals surface area contributed by atoms with E-state index in [1.54, 1.807) is 6.26 Å². The van der Waals surface area contributed by atoms with Crippen molar-refractivity contribution in [3.05, 3.63) is 30.2 Å². The molecule has 2 unspecified atom stereocenters. The molecule has 2 heteroatoms. The van der Waals surface area contributed by atoms with Crippen LogP contribution < -0.4 is 5.73 Å². The van der Waals surface area contributed by atoms with Crippen molar-refractivity contribution in [2.45, 2.75) is 25.8 Å². The van der Waals surface area contributed by atoms with Crippen molar-refractivity contribution in [2.24, 2.45) is 11.7 Å². The summed E-state index contributed by atoms with van der Waals surface area (Å²) < 4.78 is 5.35. The number of rotatable bonds is 1. The first kappa shape index (κ1) is 8.57. The van der Waals surface area contributed by atoms with Crippen molar-refractivity contribution in [1.82, 2.24) is 0 Å². The topological polar surface area (TPSA) is 39.2 Å². The third-order valence-corrected chi connectivity index (χ3v) is 2.50. The third-order valence-electron chi connectivity index (χ3n) is 2.50. The van der Waals surface area contributed by atoms with Crippen LogP contribution in [-0.2, 0) is 0 Å². The Bertz CT molecular complexity index is 300. The number of furan rings is 1. The lowest BCUT2D eigenvalue weighted by molar-refractivity contribution is 0.480. The lowest BCUT2D eigenvalue weighted by Gasteiger charge is -2.22. The quantitative estimate of drug-likeness (QED) is 0.715. The van der Waals surface area contributed by atoms with Gasteiger partial charge in [0.2, 0.25) is 0 Å². The van der Waals surface area contributed by atoms with Crippen molar-refractivity contribution >= 4 is 5.57 Å². The molecule has 2 atom stereocenters. The van der Waals surface area contributed by atoms with Gasteiger partial charge in [-0.2, -0.15) is 0 Å². The van der Waals surface area contributed by atoms with Crippen LogP contribution in [0.5, 0.6) is 0 Å². The fraction of sp³-hybridized carbons (Fsp3) is 0.455. The second kappa shape index (κ2) is 3.38. The van der Waals surface area contributed by atoms with Gasteiger partial charge >= 0.3 is 0 Å². The molecule has 0 fully saturated rings. The smallest absolute Gasteiger partial charge is 0.129 e. The molecule has 13 heavy (non-hydrogen) atoms. The van der Waals surface area contributed by atoms with Crippen LogP contribution in [0.4, 0.5) is 0 Å². The minimum atomic E-state index is 0.198. The number of nitrogens with two attached hydrogens (primary N) is 1. The molecule has 0 saturated heterocycles. The summed E-state index contributed by atoms with van der Waals surface area (Å²) >= 11 is 0. The first-order valence-corrected chi connectivity index (χ1v) is 4.76. The highest BCUT2D eigenvalue weighted by molar-refractivity contribution is 5.63. The summed E-state index contributed by atoms with van der Waals surface area (Å²) in [5.41, 5.74) is 7.16. The predicted molar refractivity (Wildman–Crippen MR) is 53.1 cm³/mol. The standard InChI is InChI=1S/C11H15NO/c1-8-5-9(7-10(12)6-8)11-3-2-4-13-11/h2-4,7-8,10H,5-6,12H2,1H3. The molecular weight excluding hydrogens is 162 g/mol. The largest absolute Gasteiger partial charge is 0.465 e. The van der Waals surface area contributed by atoms with Crippen LogP contribution in [0.15, 0.2) is 28.9 Å². The summed E-state index contributed by atoms with van der Waals surface area (Å²) in [5, 5.41) is 0. The molecule has 0 spiro atoms. The lowest BCUT2D eigenvalue weighted by atomic mass is 9.87. The Morgan fingerprint density at radius 2 is 2.38 bits per heavy atom. The Hall–Kier alpha value is -1.02. The van der Waals surface area contributed by atoms with Crippen LogP contribution in [0.3, 0.4) is 0 Å². The third kappa shape index (κ3) is 1.83. The van der Waals surface area contributed by atoms with Crippen LogP contribution in [0.25, 0.3) is 5.57 Å². The Balaban J connectivity index is 2.24. The lowest BCUT2D eigenvalue weighted by Crippen LogP contribution is -2.24. The average molecular weight is 177 g/mol. The Labute approximate surface area is 78.4 Å². The van der Waals surface area contributed by atoms with Gasteiger partial charge in [0.15, 0.2) is 0 Å². The summed E-state index contributed by atoms with van der Waals surface area (Å²) in [6.45, 7) is 2.23. The van der Waals surface area contributed by atoms with Gasteiger partial charge in [-0.15, -0.1) is 0 Å². The summed E-state index contributed by atoms with van der Waals surface area (Å²) in [6, 6.07) is 4.11. The van der Waals surface area contributed by atoms with Gasteiger partial charge in [0.25, 0.3) is 0 Å². The average Bonchev–Trinajstić information content (AvgIpc) is 2.53. The molecule has 0 saturated carbocycles. The summed E-state index contributed by atoms with van der Waals surface area (Å²) in [6.07, 6.45) is 6.01. The number of allylic oxidation sites excluding steroid dienone is 1. The monoisotopic (exact) mass is 177 g/mol. The molecule has 1 aromatic heterocycles. The van der Waals surface area contributed by atoms with Gasteiger partial charge in [-0.1, -0.05) is 13.0 Å². The van der Waals surface area contributed by atoms with Crippen molar-refractivity contribution in [2.75, 3.05) is 0 Å². The summed E-state index contributed by atoms with van der Waals surface area (Å²) in [5.74, 6) is 1.64. The van der Waals surface area contributed by atoms with E-state index in [0.717, 1.165) is 18.6 Å². The second-order valence-electron chi connectivity index (χ2n) is 3.88. The van der Waals surface area contributed by atoms with Crippen LogP contribution in [-0.4, -0.2) is 6.04 Å². The highest BCUT2D eigenvalue weighted by Gasteiger charge is 2.18. The SMILES string of the molecule is CC1CC(c2ccco2)=CC(N)C1. The predicted octanol–water partition coefficient (Wildman–Crippen LogP) is 2.42. The molecule has 2 rings (SSSR count). The Morgan fingerprint density at radius 1 is 1.54 bits per heavy atom. The molecule has 0 aromatic carbocycles. The molecule has 0 amide bonds. The highest BCUT2D eigenvalue weighted by Crippen LogP contribution is 2.30. The van der Waals surface area contributed by atoms with Crippen LogP contribution in [0, 0.1) is 5.92 Å². The van der Waals surface area contributed by atoms with E-state index in [2.05, 4.69) is 13.0 Å². The molecule has 70 valence electrons. The van der Waals surface area contributed by atoms with Crippen molar-refractivity contribution < 1.29 is 4.42 Å². The molecule has 1 heterocycles. The molecule has 1 aliphatic rings. The van der Waals surface area contributed by atoms with E-state index in [1.807, 2.05) is 12.1 Å². The van der Waals surface area contributed by atoms with E-state index in [9.17, 15) is 0 Å². The zero-order valence-corrected chi connectivity index (χ0v) is 7.86. The maximum atomic E-state index is 5.90. The van der Waals surface area contributed by atoms with E-state index in [0.29, 0.717) is 5.92 Å². The number of hydrogen-bond donors (Lipinski definition) is 1. The molecule has 2 nitrogen and oxygen atoms in total. The zero-order valence-electron chi connectivity index (χ0n) is 7.86. The van der Waals surface area contributed by atoms with Gasteiger partial charge in [-0.25, -0.2) is 0 Å². The molecule has 2 N–H and O–H groups in total. The van der Waals surface area contributed by atoms with E-state index in [1.165, 1.54) is 5.57 Å². The van der Waals surface area contributed by atoms with Gasteiger partial charge in [0.1, 0.15) is 5.76 Å². The van der Waals surface area contributed by atoms with E-state index in [-0.39, 0.29) is 6.04 Å². The fourth-order valence-corrected chi connectivity index (χ4v) is 1.96. The van der Waals surface area contributed by atoms with Crippen molar-refractivity contribution in [3.8, 4) is 0 Å². The van der Waals surface area contributed by atoms with Crippen LogP contribution in [0.2, 0.25) is 0 Å². The normalized spacial score (nSPS) is 28.6. The molecule has 1 aliphatic carbocycles. The van der Waals surface area contributed by atoms with Gasteiger partial charge in [0, 0.05) is 6.04 Å². The first-order valence-electron chi connectivity index (χ1n) is 4.76. The van der Waals surface area contributed by atoms with E-state index < -0.39 is 0 Å². The highest BCUT2D eigenvalue weighted by atomic mass is 16.3. The van der Waals surface area contributed by atoms with Gasteiger partial charge < -0.3 is 10.2 Å². The summed E-state index contributed by atoms with van der Waals surface area (Å²) in [4.78, 5) is 0.